The van der Waals surface area contributed by atoms with Gasteiger partial charge in [0.25, 0.3) is 5.91 Å². The molecule has 1 aromatic heterocycles. The molecule has 7 heteroatoms. The molecule has 1 fully saturated rings. The van der Waals surface area contributed by atoms with Crippen LogP contribution in [-0.4, -0.2) is 52.9 Å². The molecule has 0 aliphatic carbocycles. The molecule has 0 bridgehead atoms. The number of carbonyl (C=O) groups excluding carboxylic acids is 2. The first kappa shape index (κ1) is 17.8. The monoisotopic (exact) mass is 353 g/mol. The van der Waals surface area contributed by atoms with Gasteiger partial charge >= 0.3 is 0 Å². The molecule has 3 rings (SSSR count). The molecule has 1 N–H and O–H groups in total. The van der Waals surface area contributed by atoms with Gasteiger partial charge in [-0.2, -0.15) is 0 Å². The van der Waals surface area contributed by atoms with Crippen molar-refractivity contribution in [1.29, 1.82) is 0 Å². The minimum Gasteiger partial charge on any atom is -0.352 e. The lowest BCUT2D eigenvalue weighted by Crippen LogP contribution is -2.48. The average Bonchev–Trinajstić information content (AvgIpc) is 2.65. The van der Waals surface area contributed by atoms with E-state index in [0.717, 1.165) is 22.6 Å². The first-order valence-corrected chi connectivity index (χ1v) is 8.66. The van der Waals surface area contributed by atoms with Crippen molar-refractivity contribution >= 4 is 23.3 Å². The molecule has 1 aromatic carbocycles. The van der Waals surface area contributed by atoms with Crippen molar-refractivity contribution in [1.82, 2.24) is 14.9 Å². The van der Waals surface area contributed by atoms with Crippen molar-refractivity contribution in [3.63, 3.8) is 0 Å². The average molecular weight is 353 g/mol. The lowest BCUT2D eigenvalue weighted by molar-refractivity contribution is -0.129. The molecule has 136 valence electrons. The fourth-order valence-electron chi connectivity index (χ4n) is 3.04. The highest BCUT2D eigenvalue weighted by Gasteiger charge is 2.20. The number of piperazine rings is 1. The van der Waals surface area contributed by atoms with Crippen LogP contribution in [0.25, 0.3) is 0 Å². The van der Waals surface area contributed by atoms with Gasteiger partial charge < -0.3 is 15.1 Å². The van der Waals surface area contributed by atoms with E-state index in [9.17, 15) is 9.59 Å². The number of nitrogens with one attached hydrogen (secondary N) is 1. The topological polar surface area (TPSA) is 78.4 Å². The smallest absolute Gasteiger partial charge is 0.275 e. The number of aryl methyl sites for hydroxylation is 2. The molecule has 0 unspecified atom stereocenters. The molecular weight excluding hydrogens is 330 g/mol. The fourth-order valence-corrected chi connectivity index (χ4v) is 3.04. The highest BCUT2D eigenvalue weighted by molar-refractivity contribution is 6.03. The number of rotatable bonds is 3. The standard InChI is InChI=1S/C19H23N5O2/c1-13-5-4-6-14(2)18(13)22-19(26)16-11-21-17(12-20-16)24-9-7-23(8-10-24)15(3)25/h4-6,11-12H,7-10H2,1-3H3,(H,22,26). The van der Waals surface area contributed by atoms with Crippen molar-refractivity contribution in [2.24, 2.45) is 0 Å². The minimum atomic E-state index is -0.275. The predicted octanol–water partition coefficient (Wildman–Crippen LogP) is 2.01. The van der Waals surface area contributed by atoms with Crippen molar-refractivity contribution in [2.45, 2.75) is 20.8 Å². The van der Waals surface area contributed by atoms with E-state index in [0.29, 0.717) is 26.2 Å². The van der Waals surface area contributed by atoms with Gasteiger partial charge in [-0.15, -0.1) is 0 Å². The van der Waals surface area contributed by atoms with Crippen LogP contribution in [0.1, 0.15) is 28.5 Å². The molecule has 0 spiro atoms. The maximum atomic E-state index is 12.5. The van der Waals surface area contributed by atoms with Gasteiger partial charge in [0.05, 0.1) is 12.4 Å². The van der Waals surface area contributed by atoms with Crippen LogP contribution in [0.4, 0.5) is 11.5 Å². The second kappa shape index (κ2) is 7.51. The molecule has 26 heavy (non-hydrogen) atoms. The zero-order chi connectivity index (χ0) is 18.7. The Morgan fingerprint density at radius 2 is 1.65 bits per heavy atom. The number of hydrogen-bond donors (Lipinski definition) is 1. The Morgan fingerprint density at radius 3 is 2.19 bits per heavy atom. The molecule has 1 saturated heterocycles. The molecule has 2 aromatic rings. The second-order valence-electron chi connectivity index (χ2n) is 6.47. The fraction of sp³-hybridized carbons (Fsp3) is 0.368. The second-order valence-corrected chi connectivity index (χ2v) is 6.47. The zero-order valence-corrected chi connectivity index (χ0v) is 15.3. The van der Waals surface area contributed by atoms with Crippen LogP contribution in [0.15, 0.2) is 30.6 Å². The lowest BCUT2D eigenvalue weighted by Gasteiger charge is -2.34. The van der Waals surface area contributed by atoms with Gasteiger partial charge in [0.15, 0.2) is 0 Å². The maximum Gasteiger partial charge on any atom is 0.275 e. The van der Waals surface area contributed by atoms with E-state index in [1.807, 2.05) is 36.9 Å². The minimum absolute atomic E-state index is 0.0919. The number of aromatic nitrogens is 2. The predicted molar refractivity (Wildman–Crippen MR) is 100 cm³/mol. The summed E-state index contributed by atoms with van der Waals surface area (Å²) in [5.74, 6) is 0.536. The van der Waals surface area contributed by atoms with E-state index >= 15 is 0 Å². The van der Waals surface area contributed by atoms with Gasteiger partial charge in [0.2, 0.25) is 5.91 Å². The molecule has 2 amide bonds. The molecule has 1 aliphatic rings. The summed E-state index contributed by atoms with van der Waals surface area (Å²) < 4.78 is 0. The van der Waals surface area contributed by atoms with E-state index in [2.05, 4.69) is 20.2 Å². The first-order chi connectivity index (χ1) is 12.5. The van der Waals surface area contributed by atoms with Crippen LogP contribution < -0.4 is 10.2 Å². The largest absolute Gasteiger partial charge is 0.352 e. The third-order valence-electron chi connectivity index (χ3n) is 4.64. The lowest BCUT2D eigenvalue weighted by atomic mass is 10.1. The summed E-state index contributed by atoms with van der Waals surface area (Å²) in [6, 6.07) is 5.87. The Balaban J connectivity index is 1.66. The SMILES string of the molecule is CC(=O)N1CCN(c2cnc(C(=O)Nc3c(C)cccc3C)cn2)CC1. The summed E-state index contributed by atoms with van der Waals surface area (Å²) in [5, 5.41) is 2.91. The quantitative estimate of drug-likeness (QED) is 0.913. The van der Waals surface area contributed by atoms with Crippen LogP contribution in [0.3, 0.4) is 0 Å². The van der Waals surface area contributed by atoms with E-state index in [1.165, 1.54) is 6.20 Å². The molecule has 1 aliphatic heterocycles. The number of nitrogens with zero attached hydrogens (tertiary/aromatic N) is 4. The van der Waals surface area contributed by atoms with E-state index in [4.69, 9.17) is 0 Å². The van der Waals surface area contributed by atoms with Gasteiger partial charge in [0.1, 0.15) is 11.5 Å². The maximum absolute atomic E-state index is 12.5. The number of benzene rings is 1. The molecule has 7 nitrogen and oxygen atoms in total. The van der Waals surface area contributed by atoms with Crippen molar-refractivity contribution in [3.8, 4) is 0 Å². The summed E-state index contributed by atoms with van der Waals surface area (Å²) >= 11 is 0. The summed E-state index contributed by atoms with van der Waals surface area (Å²) in [6.07, 6.45) is 3.11. The summed E-state index contributed by atoms with van der Waals surface area (Å²) in [7, 11) is 0. The molecular formula is C19H23N5O2. The normalized spacial score (nSPS) is 14.3. The van der Waals surface area contributed by atoms with Crippen LogP contribution in [0, 0.1) is 13.8 Å². The van der Waals surface area contributed by atoms with Gasteiger partial charge in [-0.05, 0) is 25.0 Å². The number of anilines is 2. The highest BCUT2D eigenvalue weighted by atomic mass is 16.2. The zero-order valence-electron chi connectivity index (χ0n) is 15.3. The Labute approximate surface area is 153 Å². The molecule has 0 radical (unpaired) electrons. The number of carbonyl (C=O) groups is 2. The molecule has 2 heterocycles. The summed E-state index contributed by atoms with van der Waals surface area (Å²) in [6.45, 7) is 8.26. The first-order valence-electron chi connectivity index (χ1n) is 8.66. The Hall–Kier alpha value is -2.96. The number of para-hydroxylation sites is 1. The van der Waals surface area contributed by atoms with Gasteiger partial charge in [0, 0.05) is 38.8 Å². The van der Waals surface area contributed by atoms with E-state index in [-0.39, 0.29) is 17.5 Å². The van der Waals surface area contributed by atoms with Crippen molar-refractivity contribution in [2.75, 3.05) is 36.4 Å². The summed E-state index contributed by atoms with van der Waals surface area (Å²) in [4.78, 5) is 36.4. The number of amides is 2. The molecule has 0 saturated carbocycles. The van der Waals surface area contributed by atoms with Gasteiger partial charge in [-0.1, -0.05) is 18.2 Å². The molecule has 0 atom stereocenters. The third-order valence-corrected chi connectivity index (χ3v) is 4.64. The highest BCUT2D eigenvalue weighted by Crippen LogP contribution is 2.20. The summed E-state index contributed by atoms with van der Waals surface area (Å²) in [5.41, 5.74) is 3.10. The van der Waals surface area contributed by atoms with Gasteiger partial charge in [-0.25, -0.2) is 9.97 Å². The Kier molecular flexibility index (Phi) is 5.16. The third kappa shape index (κ3) is 3.82. The van der Waals surface area contributed by atoms with E-state index in [1.54, 1.807) is 13.1 Å². The van der Waals surface area contributed by atoms with Crippen molar-refractivity contribution < 1.29 is 9.59 Å². The Bertz CT molecular complexity index is 791. The van der Waals surface area contributed by atoms with Crippen LogP contribution in [-0.2, 0) is 4.79 Å². The van der Waals surface area contributed by atoms with Crippen LogP contribution in [0.5, 0.6) is 0 Å². The van der Waals surface area contributed by atoms with Crippen LogP contribution in [0.2, 0.25) is 0 Å². The van der Waals surface area contributed by atoms with E-state index < -0.39 is 0 Å². The van der Waals surface area contributed by atoms with Crippen molar-refractivity contribution in [3.05, 3.63) is 47.4 Å². The van der Waals surface area contributed by atoms with Gasteiger partial charge in [-0.3, -0.25) is 9.59 Å². The Morgan fingerprint density at radius 1 is 1.00 bits per heavy atom. The van der Waals surface area contributed by atoms with Crippen LogP contribution >= 0.6 is 0 Å². The number of hydrogen-bond acceptors (Lipinski definition) is 5.